The molecule has 2 N–H and O–H groups in total. The van der Waals surface area contributed by atoms with Crippen LogP contribution in [0.1, 0.15) is 22.3 Å². The predicted octanol–water partition coefficient (Wildman–Crippen LogP) is 2.54. The average Bonchev–Trinajstić information content (AvgIpc) is 2.47. The van der Waals surface area contributed by atoms with Crippen molar-refractivity contribution in [3.05, 3.63) is 62.7 Å². The Bertz CT molecular complexity index is 945. The van der Waals surface area contributed by atoms with E-state index < -0.39 is 26.4 Å². The van der Waals surface area contributed by atoms with Gasteiger partial charge in [0, 0.05) is 11.6 Å². The molecular formula is C16H17N3O5S. The van der Waals surface area contributed by atoms with Gasteiger partial charge in [0.05, 0.1) is 16.0 Å². The molecule has 0 unspecified atom stereocenters. The highest BCUT2D eigenvalue weighted by molar-refractivity contribution is 7.89. The van der Waals surface area contributed by atoms with Gasteiger partial charge in [0.1, 0.15) is 0 Å². The van der Waals surface area contributed by atoms with Gasteiger partial charge in [-0.2, -0.15) is 13.5 Å². The van der Waals surface area contributed by atoms with Crippen molar-refractivity contribution in [3.63, 3.8) is 0 Å². The molecule has 0 saturated heterocycles. The Hall–Kier alpha value is -2.94. The number of nitrogens with one attached hydrogen (secondary N) is 1. The van der Waals surface area contributed by atoms with Crippen LogP contribution in [0.3, 0.4) is 0 Å². The quantitative estimate of drug-likeness (QED) is 0.480. The van der Waals surface area contributed by atoms with Gasteiger partial charge in [-0.15, -0.1) is 0 Å². The van der Waals surface area contributed by atoms with Gasteiger partial charge in [0.25, 0.3) is 10.0 Å². The summed E-state index contributed by atoms with van der Waals surface area (Å²) >= 11 is 0. The maximum Gasteiger partial charge on any atom is 0.311 e. The fourth-order valence-electron chi connectivity index (χ4n) is 2.57. The molecule has 0 aliphatic carbocycles. The van der Waals surface area contributed by atoms with Gasteiger partial charge in [-0.05, 0) is 44.0 Å². The summed E-state index contributed by atoms with van der Waals surface area (Å²) in [4.78, 5) is 12.3. The van der Waals surface area contributed by atoms with E-state index in [1.165, 1.54) is 6.07 Å². The van der Waals surface area contributed by atoms with Crippen LogP contribution in [-0.4, -0.2) is 24.7 Å². The fourth-order valence-corrected chi connectivity index (χ4v) is 3.82. The zero-order valence-electron chi connectivity index (χ0n) is 13.8. The van der Waals surface area contributed by atoms with Crippen LogP contribution < -0.4 is 4.83 Å². The summed E-state index contributed by atoms with van der Waals surface area (Å²) in [5.74, 6) is -0.478. The summed E-state index contributed by atoms with van der Waals surface area (Å²) in [6.45, 7) is 5.27. The molecule has 25 heavy (non-hydrogen) atoms. The zero-order valence-corrected chi connectivity index (χ0v) is 14.7. The maximum atomic E-state index is 12.4. The first-order chi connectivity index (χ1) is 11.6. The lowest BCUT2D eigenvalue weighted by Gasteiger charge is -2.11. The van der Waals surface area contributed by atoms with E-state index in [4.69, 9.17) is 0 Å². The number of nitro benzene ring substituents is 1. The molecule has 2 aromatic carbocycles. The number of phenolic OH excluding ortho intramolecular Hbond substituents is 1. The van der Waals surface area contributed by atoms with E-state index in [2.05, 4.69) is 9.93 Å². The minimum atomic E-state index is -3.87. The molecule has 0 aliphatic rings. The molecule has 0 bridgehead atoms. The van der Waals surface area contributed by atoms with Crippen molar-refractivity contribution in [2.75, 3.05) is 0 Å². The summed E-state index contributed by atoms with van der Waals surface area (Å²) < 4.78 is 24.9. The largest absolute Gasteiger partial charge is 0.502 e. The number of benzene rings is 2. The highest BCUT2D eigenvalue weighted by atomic mass is 32.2. The maximum absolute atomic E-state index is 12.4. The lowest BCUT2D eigenvalue weighted by Crippen LogP contribution is -2.20. The molecule has 8 nitrogen and oxygen atoms in total. The van der Waals surface area contributed by atoms with Crippen molar-refractivity contribution in [3.8, 4) is 5.75 Å². The molecule has 0 saturated carbocycles. The van der Waals surface area contributed by atoms with Crippen molar-refractivity contribution >= 4 is 21.9 Å². The normalized spacial score (nSPS) is 11.6. The number of rotatable bonds is 5. The summed E-state index contributed by atoms with van der Waals surface area (Å²) in [7, 11) is -3.87. The van der Waals surface area contributed by atoms with Gasteiger partial charge in [-0.3, -0.25) is 10.1 Å². The Morgan fingerprint density at radius 2 is 1.76 bits per heavy atom. The fraction of sp³-hybridized carbons (Fsp3) is 0.188. The Labute approximate surface area is 145 Å². The SMILES string of the molecule is Cc1cc(C)c(S(=O)(=O)N/N=C/c2ccc(O)c([N+](=O)[O-])c2)c(C)c1. The zero-order chi connectivity index (χ0) is 18.8. The number of hydrogen-bond donors (Lipinski definition) is 2. The molecule has 0 radical (unpaired) electrons. The Balaban J connectivity index is 2.28. The van der Waals surface area contributed by atoms with Crippen LogP contribution in [0.5, 0.6) is 5.75 Å². The Morgan fingerprint density at radius 3 is 2.32 bits per heavy atom. The minimum absolute atomic E-state index is 0.145. The summed E-state index contributed by atoms with van der Waals surface area (Å²) in [5.41, 5.74) is 1.93. The highest BCUT2D eigenvalue weighted by Gasteiger charge is 2.19. The molecule has 0 spiro atoms. The van der Waals surface area contributed by atoms with Crippen molar-refractivity contribution in [1.82, 2.24) is 4.83 Å². The first kappa shape index (κ1) is 18.4. The van der Waals surface area contributed by atoms with Crippen molar-refractivity contribution in [2.24, 2.45) is 5.10 Å². The third-order valence-electron chi connectivity index (χ3n) is 3.46. The first-order valence-corrected chi connectivity index (χ1v) is 8.70. The molecule has 0 aliphatic heterocycles. The Kier molecular flexibility index (Phi) is 5.07. The van der Waals surface area contributed by atoms with E-state index in [0.717, 1.165) is 23.9 Å². The van der Waals surface area contributed by atoms with Crippen molar-refractivity contribution in [1.29, 1.82) is 0 Å². The first-order valence-electron chi connectivity index (χ1n) is 7.22. The molecule has 9 heteroatoms. The molecule has 0 heterocycles. The van der Waals surface area contributed by atoms with E-state index in [9.17, 15) is 23.6 Å². The number of aryl methyl sites for hydroxylation is 3. The van der Waals surface area contributed by atoms with Crippen LogP contribution in [0.2, 0.25) is 0 Å². The van der Waals surface area contributed by atoms with Crippen molar-refractivity contribution in [2.45, 2.75) is 25.7 Å². The second-order valence-corrected chi connectivity index (χ2v) is 7.18. The third-order valence-corrected chi connectivity index (χ3v) is 4.98. The molecule has 0 aromatic heterocycles. The van der Waals surface area contributed by atoms with Crippen LogP contribution in [-0.2, 0) is 10.0 Å². The lowest BCUT2D eigenvalue weighted by molar-refractivity contribution is -0.385. The van der Waals surface area contributed by atoms with E-state index in [1.807, 2.05) is 6.92 Å². The number of aromatic hydroxyl groups is 1. The smallest absolute Gasteiger partial charge is 0.311 e. The van der Waals surface area contributed by atoms with Crippen LogP contribution in [0.25, 0.3) is 0 Å². The van der Waals surface area contributed by atoms with Crippen LogP contribution >= 0.6 is 0 Å². The van der Waals surface area contributed by atoms with Gasteiger partial charge < -0.3 is 5.11 Å². The molecular weight excluding hydrogens is 346 g/mol. The predicted molar refractivity (Wildman–Crippen MR) is 93.3 cm³/mol. The number of sulfonamides is 1. The lowest BCUT2D eigenvalue weighted by atomic mass is 10.1. The summed E-state index contributed by atoms with van der Waals surface area (Å²) in [6.07, 6.45) is 1.13. The average molecular weight is 363 g/mol. The molecule has 132 valence electrons. The van der Waals surface area contributed by atoms with Crippen molar-refractivity contribution < 1.29 is 18.4 Å². The summed E-state index contributed by atoms with van der Waals surface area (Å²) in [5, 5.41) is 23.8. The number of nitro groups is 1. The van der Waals surface area contributed by atoms with Gasteiger partial charge in [0.15, 0.2) is 5.75 Å². The third kappa shape index (κ3) is 4.13. The minimum Gasteiger partial charge on any atom is -0.502 e. The molecule has 2 aromatic rings. The Morgan fingerprint density at radius 1 is 1.16 bits per heavy atom. The standard InChI is InChI=1S/C16H17N3O5S/c1-10-6-11(2)16(12(3)7-10)25(23,24)18-17-9-13-4-5-15(20)14(8-13)19(21)22/h4-9,18,20H,1-3H3/b17-9+. The molecule has 0 fully saturated rings. The highest BCUT2D eigenvalue weighted by Crippen LogP contribution is 2.25. The number of phenols is 1. The van der Waals surface area contributed by atoms with E-state index in [1.54, 1.807) is 26.0 Å². The van der Waals surface area contributed by atoms with Gasteiger partial charge >= 0.3 is 5.69 Å². The topological polar surface area (TPSA) is 122 Å². The number of nitrogens with zero attached hydrogens (tertiary/aromatic N) is 2. The van der Waals surface area contributed by atoms with E-state index >= 15 is 0 Å². The molecule has 0 amide bonds. The van der Waals surface area contributed by atoms with E-state index in [0.29, 0.717) is 11.1 Å². The number of hydrazone groups is 1. The summed E-state index contributed by atoms with van der Waals surface area (Å²) in [6, 6.07) is 7.13. The number of hydrogen-bond acceptors (Lipinski definition) is 6. The van der Waals surface area contributed by atoms with Crippen LogP contribution in [0.4, 0.5) is 5.69 Å². The molecule has 0 atom stereocenters. The van der Waals surface area contributed by atoms with E-state index in [-0.39, 0.29) is 10.5 Å². The van der Waals surface area contributed by atoms with Gasteiger partial charge in [0.2, 0.25) is 0 Å². The van der Waals surface area contributed by atoms with Crippen LogP contribution in [0.15, 0.2) is 40.3 Å². The second kappa shape index (κ2) is 6.89. The second-order valence-electron chi connectivity index (χ2n) is 5.59. The molecule has 2 rings (SSSR count). The monoisotopic (exact) mass is 363 g/mol. The van der Waals surface area contributed by atoms with Gasteiger partial charge in [-0.25, -0.2) is 4.83 Å². The van der Waals surface area contributed by atoms with Crippen LogP contribution in [0, 0.1) is 30.9 Å². The van der Waals surface area contributed by atoms with Gasteiger partial charge in [-0.1, -0.05) is 17.7 Å².